The number of nitrogens with one attached hydrogen (secondary N) is 1. The number of thioether (sulfide) groups is 1. The molecule has 1 fully saturated rings. The Morgan fingerprint density at radius 2 is 2.50 bits per heavy atom. The van der Waals surface area contributed by atoms with Crippen molar-refractivity contribution >= 4 is 28.5 Å². The molecule has 1 N–H and O–H groups in total. The zero-order valence-electron chi connectivity index (χ0n) is 10.3. The lowest BCUT2D eigenvalue weighted by molar-refractivity contribution is 0.161. The molecule has 4 nitrogen and oxygen atoms in total. The Balaban J connectivity index is 1.80. The van der Waals surface area contributed by atoms with Crippen molar-refractivity contribution in [1.82, 2.24) is 4.98 Å². The number of hydrogen-bond donors (Lipinski definition) is 1. The smallest absolute Gasteiger partial charge is 0.221 e. The van der Waals surface area contributed by atoms with Crippen LogP contribution in [0.4, 0.5) is 5.69 Å². The highest BCUT2D eigenvalue weighted by Crippen LogP contribution is 2.24. The van der Waals surface area contributed by atoms with Gasteiger partial charge in [0.2, 0.25) is 5.89 Å². The molecule has 2 heterocycles. The van der Waals surface area contributed by atoms with E-state index in [1.807, 2.05) is 30.0 Å². The van der Waals surface area contributed by atoms with Crippen molar-refractivity contribution in [2.24, 2.45) is 0 Å². The van der Waals surface area contributed by atoms with Crippen LogP contribution in [0.5, 0.6) is 0 Å². The maximum atomic E-state index is 5.57. The Morgan fingerprint density at radius 1 is 1.56 bits per heavy atom. The minimum atomic E-state index is 0.413. The molecule has 0 aliphatic carbocycles. The topological polar surface area (TPSA) is 47.3 Å². The average molecular weight is 264 g/mol. The normalized spacial score (nSPS) is 19.5. The van der Waals surface area contributed by atoms with Crippen LogP contribution < -0.4 is 5.32 Å². The molecule has 96 valence electrons. The standard InChI is InChI=1S/C13H16N2O2S/c1-16-7-13-15-11-6-9(2-3-12(11)17-13)14-10-4-5-18-8-10/h2-3,6,10,14H,4-5,7-8H2,1H3. The van der Waals surface area contributed by atoms with E-state index in [-0.39, 0.29) is 0 Å². The SMILES string of the molecule is COCc1nc2cc(NC3CCSC3)ccc2o1. The fourth-order valence-electron chi connectivity index (χ4n) is 2.13. The van der Waals surface area contributed by atoms with E-state index in [0.29, 0.717) is 18.5 Å². The Hall–Kier alpha value is -1.20. The second-order valence-electron chi connectivity index (χ2n) is 4.43. The Bertz CT molecular complexity index is 535. The van der Waals surface area contributed by atoms with Gasteiger partial charge in [0.25, 0.3) is 0 Å². The molecule has 0 radical (unpaired) electrons. The molecule has 2 aromatic rings. The molecule has 3 rings (SSSR count). The number of oxazole rings is 1. The molecular formula is C13H16N2O2S. The van der Waals surface area contributed by atoms with Gasteiger partial charge in [0, 0.05) is 24.6 Å². The minimum Gasteiger partial charge on any atom is -0.438 e. The van der Waals surface area contributed by atoms with Gasteiger partial charge in [-0.2, -0.15) is 11.8 Å². The molecule has 1 aliphatic heterocycles. The molecule has 0 spiro atoms. The summed E-state index contributed by atoms with van der Waals surface area (Å²) in [5.74, 6) is 3.06. The zero-order valence-corrected chi connectivity index (χ0v) is 11.1. The fourth-order valence-corrected chi connectivity index (χ4v) is 3.29. The van der Waals surface area contributed by atoms with Crippen LogP contribution in [0.2, 0.25) is 0 Å². The maximum absolute atomic E-state index is 5.57. The summed E-state index contributed by atoms with van der Waals surface area (Å²) >= 11 is 2.00. The summed E-state index contributed by atoms with van der Waals surface area (Å²) in [6.45, 7) is 0.413. The van der Waals surface area contributed by atoms with Crippen molar-refractivity contribution in [2.45, 2.75) is 19.1 Å². The van der Waals surface area contributed by atoms with E-state index in [4.69, 9.17) is 9.15 Å². The third kappa shape index (κ3) is 2.47. The molecule has 0 bridgehead atoms. The molecule has 1 unspecified atom stereocenters. The lowest BCUT2D eigenvalue weighted by Gasteiger charge is -2.12. The maximum Gasteiger partial charge on any atom is 0.221 e. The van der Waals surface area contributed by atoms with Crippen LogP contribution in [0.3, 0.4) is 0 Å². The quantitative estimate of drug-likeness (QED) is 0.920. The number of methoxy groups -OCH3 is 1. The third-order valence-electron chi connectivity index (χ3n) is 3.00. The van der Waals surface area contributed by atoms with Crippen molar-refractivity contribution in [1.29, 1.82) is 0 Å². The van der Waals surface area contributed by atoms with Crippen LogP contribution in [0.1, 0.15) is 12.3 Å². The number of fused-ring (bicyclic) bond motifs is 1. The van der Waals surface area contributed by atoms with E-state index in [9.17, 15) is 0 Å². The number of ether oxygens (including phenoxy) is 1. The number of hydrogen-bond acceptors (Lipinski definition) is 5. The largest absolute Gasteiger partial charge is 0.438 e. The van der Waals surface area contributed by atoms with Crippen LogP contribution in [-0.4, -0.2) is 29.6 Å². The van der Waals surface area contributed by atoms with Gasteiger partial charge >= 0.3 is 0 Å². The molecule has 0 amide bonds. The summed E-state index contributed by atoms with van der Waals surface area (Å²) < 4.78 is 10.6. The van der Waals surface area contributed by atoms with Crippen molar-refractivity contribution in [2.75, 3.05) is 23.9 Å². The van der Waals surface area contributed by atoms with Gasteiger partial charge < -0.3 is 14.5 Å². The lowest BCUT2D eigenvalue weighted by Crippen LogP contribution is -2.17. The van der Waals surface area contributed by atoms with Crippen molar-refractivity contribution in [3.05, 3.63) is 24.1 Å². The first-order valence-corrected chi connectivity index (χ1v) is 7.23. The molecule has 0 saturated carbocycles. The van der Waals surface area contributed by atoms with Crippen LogP contribution >= 0.6 is 11.8 Å². The zero-order chi connectivity index (χ0) is 12.4. The van der Waals surface area contributed by atoms with Crippen molar-refractivity contribution in [3.63, 3.8) is 0 Å². The Morgan fingerprint density at radius 3 is 3.28 bits per heavy atom. The third-order valence-corrected chi connectivity index (χ3v) is 4.16. The van der Waals surface area contributed by atoms with E-state index in [1.54, 1.807) is 7.11 Å². The first-order valence-electron chi connectivity index (χ1n) is 6.08. The number of aromatic nitrogens is 1. The second kappa shape index (κ2) is 5.20. The van der Waals surface area contributed by atoms with E-state index < -0.39 is 0 Å². The Labute approximate surface area is 110 Å². The molecule has 1 aromatic heterocycles. The number of nitrogens with zero attached hydrogens (tertiary/aromatic N) is 1. The first kappa shape index (κ1) is 11.9. The molecule has 18 heavy (non-hydrogen) atoms. The molecule has 1 atom stereocenters. The summed E-state index contributed by atoms with van der Waals surface area (Å²) in [6, 6.07) is 6.64. The van der Waals surface area contributed by atoms with E-state index in [1.165, 1.54) is 17.9 Å². The molecule has 1 saturated heterocycles. The summed E-state index contributed by atoms with van der Waals surface area (Å²) in [4.78, 5) is 4.40. The van der Waals surface area contributed by atoms with Crippen molar-refractivity contribution < 1.29 is 9.15 Å². The van der Waals surface area contributed by atoms with Gasteiger partial charge in [-0.05, 0) is 30.4 Å². The number of anilines is 1. The summed E-state index contributed by atoms with van der Waals surface area (Å²) in [6.07, 6.45) is 1.23. The van der Waals surface area contributed by atoms with Gasteiger partial charge in [-0.25, -0.2) is 4.98 Å². The predicted octanol–water partition coefficient (Wildman–Crippen LogP) is 2.89. The van der Waals surface area contributed by atoms with Crippen LogP contribution in [0, 0.1) is 0 Å². The van der Waals surface area contributed by atoms with Gasteiger partial charge in [0.1, 0.15) is 12.1 Å². The first-order chi connectivity index (χ1) is 8.85. The fraction of sp³-hybridized carbons (Fsp3) is 0.462. The summed E-state index contributed by atoms with van der Waals surface area (Å²) in [5.41, 5.74) is 2.82. The monoisotopic (exact) mass is 264 g/mol. The molecular weight excluding hydrogens is 248 g/mol. The number of rotatable bonds is 4. The van der Waals surface area contributed by atoms with Crippen molar-refractivity contribution in [3.8, 4) is 0 Å². The molecule has 1 aromatic carbocycles. The molecule has 5 heteroatoms. The van der Waals surface area contributed by atoms with Crippen LogP contribution in [-0.2, 0) is 11.3 Å². The van der Waals surface area contributed by atoms with Gasteiger partial charge in [-0.1, -0.05) is 0 Å². The highest BCUT2D eigenvalue weighted by molar-refractivity contribution is 7.99. The van der Waals surface area contributed by atoms with Gasteiger partial charge in [0.15, 0.2) is 5.58 Å². The summed E-state index contributed by atoms with van der Waals surface area (Å²) in [5, 5.41) is 3.54. The minimum absolute atomic E-state index is 0.413. The van der Waals surface area contributed by atoms with E-state index in [2.05, 4.69) is 10.3 Å². The lowest BCUT2D eigenvalue weighted by atomic mass is 10.2. The predicted molar refractivity (Wildman–Crippen MR) is 74.1 cm³/mol. The highest BCUT2D eigenvalue weighted by Gasteiger charge is 2.15. The summed E-state index contributed by atoms with van der Waals surface area (Å²) in [7, 11) is 1.64. The number of benzene rings is 1. The second-order valence-corrected chi connectivity index (χ2v) is 5.58. The molecule has 1 aliphatic rings. The van der Waals surface area contributed by atoms with Gasteiger partial charge in [0.05, 0.1) is 0 Å². The highest BCUT2D eigenvalue weighted by atomic mass is 32.2. The van der Waals surface area contributed by atoms with E-state index >= 15 is 0 Å². The average Bonchev–Trinajstić information content (AvgIpc) is 2.98. The van der Waals surface area contributed by atoms with Crippen LogP contribution in [0.15, 0.2) is 22.6 Å². The van der Waals surface area contributed by atoms with Crippen LogP contribution in [0.25, 0.3) is 11.1 Å². The van der Waals surface area contributed by atoms with Gasteiger partial charge in [-0.15, -0.1) is 0 Å². The van der Waals surface area contributed by atoms with E-state index in [0.717, 1.165) is 16.8 Å². The Kier molecular flexibility index (Phi) is 3.43. The van der Waals surface area contributed by atoms with Gasteiger partial charge in [-0.3, -0.25) is 0 Å².